The lowest BCUT2D eigenvalue weighted by Crippen LogP contribution is -2.32. The Hall–Kier alpha value is -0.0400. The predicted molar refractivity (Wildman–Crippen MR) is 65.7 cm³/mol. The van der Waals surface area contributed by atoms with E-state index in [4.69, 9.17) is 0 Å². The van der Waals surface area contributed by atoms with E-state index in [1.54, 1.807) is 0 Å². The summed E-state index contributed by atoms with van der Waals surface area (Å²) < 4.78 is 0. The first kappa shape index (κ1) is 14.0. The molecule has 0 bridgehead atoms. The van der Waals surface area contributed by atoms with Gasteiger partial charge in [-0.15, -0.1) is 0 Å². The minimum absolute atomic E-state index is 0.715. The van der Waals surface area contributed by atoms with Crippen LogP contribution in [0.25, 0.3) is 0 Å². The molecule has 0 saturated heterocycles. The third-order valence-electron chi connectivity index (χ3n) is 3.08. The molecule has 0 aliphatic carbocycles. The maximum atomic E-state index is 2.60. The largest absolute Gasteiger partial charge is 0.301 e. The van der Waals surface area contributed by atoms with E-state index in [1.807, 2.05) is 0 Å². The van der Waals surface area contributed by atoms with E-state index >= 15 is 0 Å². The van der Waals surface area contributed by atoms with Crippen molar-refractivity contribution in [1.29, 1.82) is 0 Å². The summed E-state index contributed by atoms with van der Waals surface area (Å²) in [5.74, 6) is 0.908. The van der Waals surface area contributed by atoms with Crippen LogP contribution in [0.4, 0.5) is 0 Å². The molecule has 1 unspecified atom stereocenters. The van der Waals surface area contributed by atoms with Gasteiger partial charge in [0.2, 0.25) is 0 Å². The lowest BCUT2D eigenvalue weighted by Gasteiger charge is -2.26. The molecule has 1 nitrogen and oxygen atoms in total. The minimum atomic E-state index is 0.715. The first-order valence-electron chi connectivity index (χ1n) is 6.35. The Kier molecular flexibility index (Phi) is 8.26. The average Bonchev–Trinajstić information content (AvgIpc) is 2.16. The second-order valence-electron chi connectivity index (χ2n) is 4.79. The summed E-state index contributed by atoms with van der Waals surface area (Å²) in [6.07, 6.45) is 5.37. The van der Waals surface area contributed by atoms with Crippen LogP contribution in [0.1, 0.15) is 60.3 Å². The van der Waals surface area contributed by atoms with Gasteiger partial charge in [0.25, 0.3) is 0 Å². The van der Waals surface area contributed by atoms with Crippen LogP contribution in [-0.2, 0) is 0 Å². The number of nitrogens with zero attached hydrogens (tertiary/aromatic N) is 1. The Bertz CT molecular complexity index is 120. The molecule has 0 N–H and O–H groups in total. The first-order valence-corrected chi connectivity index (χ1v) is 6.35. The van der Waals surface area contributed by atoms with Crippen LogP contribution in [-0.4, -0.2) is 24.0 Å². The minimum Gasteiger partial charge on any atom is -0.301 e. The van der Waals surface area contributed by atoms with Gasteiger partial charge in [-0.3, -0.25) is 0 Å². The van der Waals surface area contributed by atoms with Gasteiger partial charge >= 0.3 is 0 Å². The molecule has 0 heterocycles. The van der Waals surface area contributed by atoms with Gasteiger partial charge in [0.05, 0.1) is 0 Å². The molecule has 0 amide bonds. The first-order chi connectivity index (χ1) is 6.61. The van der Waals surface area contributed by atoms with Crippen molar-refractivity contribution < 1.29 is 0 Å². The second kappa shape index (κ2) is 8.28. The van der Waals surface area contributed by atoms with Crippen molar-refractivity contribution in [2.24, 2.45) is 5.92 Å². The molecule has 86 valence electrons. The highest BCUT2D eigenvalue weighted by Gasteiger charge is 2.08. The van der Waals surface area contributed by atoms with Crippen LogP contribution in [0.2, 0.25) is 0 Å². The van der Waals surface area contributed by atoms with E-state index in [0.29, 0.717) is 6.04 Å². The summed E-state index contributed by atoms with van der Waals surface area (Å²) in [6.45, 7) is 14.1. The molecule has 0 aliphatic rings. The van der Waals surface area contributed by atoms with Crippen molar-refractivity contribution in [3.05, 3.63) is 0 Å². The molecule has 0 fully saturated rings. The highest BCUT2D eigenvalue weighted by atomic mass is 15.1. The zero-order valence-electron chi connectivity index (χ0n) is 10.8. The molecule has 0 spiro atoms. The summed E-state index contributed by atoms with van der Waals surface area (Å²) in [5, 5.41) is 0. The number of hydrogen-bond donors (Lipinski definition) is 0. The standard InChI is InChI=1S/C13H29N/c1-6-10-14(12(3)4)11-8-9-13(5)7-2/h12-13H,6-11H2,1-5H3. The van der Waals surface area contributed by atoms with Crippen molar-refractivity contribution in [2.75, 3.05) is 13.1 Å². The molecular weight excluding hydrogens is 170 g/mol. The van der Waals surface area contributed by atoms with Crippen LogP contribution in [0.5, 0.6) is 0 Å². The molecule has 0 rings (SSSR count). The Morgan fingerprint density at radius 3 is 2.07 bits per heavy atom. The lowest BCUT2D eigenvalue weighted by molar-refractivity contribution is 0.213. The van der Waals surface area contributed by atoms with E-state index in [9.17, 15) is 0 Å². The molecule has 14 heavy (non-hydrogen) atoms. The van der Waals surface area contributed by atoms with E-state index in [1.165, 1.54) is 38.8 Å². The molecule has 0 aromatic carbocycles. The fourth-order valence-corrected chi connectivity index (χ4v) is 1.76. The number of hydrogen-bond acceptors (Lipinski definition) is 1. The zero-order chi connectivity index (χ0) is 11.0. The Labute approximate surface area is 90.9 Å². The fourth-order valence-electron chi connectivity index (χ4n) is 1.76. The summed E-state index contributed by atoms with van der Waals surface area (Å²) in [5.41, 5.74) is 0. The fraction of sp³-hybridized carbons (Fsp3) is 1.00. The zero-order valence-corrected chi connectivity index (χ0v) is 10.8. The van der Waals surface area contributed by atoms with Crippen LogP contribution in [0, 0.1) is 5.92 Å². The van der Waals surface area contributed by atoms with Gasteiger partial charge in [0.15, 0.2) is 0 Å². The van der Waals surface area contributed by atoms with Crippen LogP contribution in [0.3, 0.4) is 0 Å². The Morgan fingerprint density at radius 1 is 1.00 bits per heavy atom. The van der Waals surface area contributed by atoms with Crippen molar-refractivity contribution in [3.63, 3.8) is 0 Å². The monoisotopic (exact) mass is 199 g/mol. The van der Waals surface area contributed by atoms with Crippen molar-refractivity contribution in [1.82, 2.24) is 4.90 Å². The summed E-state index contributed by atoms with van der Waals surface area (Å²) in [6, 6.07) is 0.715. The van der Waals surface area contributed by atoms with Gasteiger partial charge in [-0.25, -0.2) is 0 Å². The van der Waals surface area contributed by atoms with Gasteiger partial charge in [0, 0.05) is 6.04 Å². The molecule has 0 aromatic heterocycles. The molecule has 0 aromatic rings. The van der Waals surface area contributed by atoms with Gasteiger partial charge in [0.1, 0.15) is 0 Å². The smallest absolute Gasteiger partial charge is 0.00385 e. The molecule has 0 aliphatic heterocycles. The lowest BCUT2D eigenvalue weighted by atomic mass is 10.0. The molecule has 0 radical (unpaired) electrons. The molecule has 1 heteroatoms. The van der Waals surface area contributed by atoms with Gasteiger partial charge in [-0.1, -0.05) is 27.2 Å². The van der Waals surface area contributed by atoms with Crippen molar-refractivity contribution in [3.8, 4) is 0 Å². The Balaban J connectivity index is 3.60. The van der Waals surface area contributed by atoms with Crippen LogP contribution in [0.15, 0.2) is 0 Å². The average molecular weight is 199 g/mol. The third-order valence-corrected chi connectivity index (χ3v) is 3.08. The summed E-state index contributed by atoms with van der Waals surface area (Å²) >= 11 is 0. The van der Waals surface area contributed by atoms with Gasteiger partial charge in [-0.2, -0.15) is 0 Å². The predicted octanol–water partition coefficient (Wildman–Crippen LogP) is 3.93. The molecule has 1 atom stereocenters. The Morgan fingerprint density at radius 2 is 1.64 bits per heavy atom. The SMILES string of the molecule is CCCN(CCCC(C)CC)C(C)C. The van der Waals surface area contributed by atoms with Crippen LogP contribution < -0.4 is 0 Å². The molecule has 0 saturated carbocycles. The van der Waals surface area contributed by atoms with Gasteiger partial charge < -0.3 is 4.90 Å². The number of rotatable bonds is 8. The van der Waals surface area contributed by atoms with E-state index in [0.717, 1.165) is 5.92 Å². The van der Waals surface area contributed by atoms with E-state index in [2.05, 4.69) is 39.5 Å². The highest BCUT2D eigenvalue weighted by molar-refractivity contribution is 4.63. The summed E-state index contributed by atoms with van der Waals surface area (Å²) in [7, 11) is 0. The second-order valence-corrected chi connectivity index (χ2v) is 4.79. The highest BCUT2D eigenvalue weighted by Crippen LogP contribution is 2.11. The molecular formula is C13H29N. The van der Waals surface area contributed by atoms with E-state index < -0.39 is 0 Å². The third kappa shape index (κ3) is 6.42. The topological polar surface area (TPSA) is 3.24 Å². The van der Waals surface area contributed by atoms with Crippen molar-refractivity contribution >= 4 is 0 Å². The normalized spacial score (nSPS) is 13.9. The maximum Gasteiger partial charge on any atom is 0.00385 e. The maximum absolute atomic E-state index is 2.60. The van der Waals surface area contributed by atoms with Crippen molar-refractivity contribution in [2.45, 2.75) is 66.3 Å². The van der Waals surface area contributed by atoms with E-state index in [-0.39, 0.29) is 0 Å². The van der Waals surface area contributed by atoms with Gasteiger partial charge in [-0.05, 0) is 52.1 Å². The quantitative estimate of drug-likeness (QED) is 0.572. The van der Waals surface area contributed by atoms with Crippen LogP contribution >= 0.6 is 0 Å². The summed E-state index contributed by atoms with van der Waals surface area (Å²) in [4.78, 5) is 2.60.